The number of hydrogen-bond donors (Lipinski definition) is 2. The van der Waals surface area contributed by atoms with Crippen LogP contribution in [0.1, 0.15) is 24.2 Å². The normalized spacial score (nSPS) is 11.4. The van der Waals surface area contributed by atoms with E-state index in [-0.39, 0.29) is 17.0 Å². The summed E-state index contributed by atoms with van der Waals surface area (Å²) in [5.74, 6) is -0.973. The Bertz CT molecular complexity index is 1220. The first-order valence-electron chi connectivity index (χ1n) is 9.30. The van der Waals surface area contributed by atoms with Crippen LogP contribution in [-0.2, 0) is 14.6 Å². The lowest BCUT2D eigenvalue weighted by atomic mass is 10.2. The predicted molar refractivity (Wildman–Crippen MR) is 125 cm³/mol. The van der Waals surface area contributed by atoms with Gasteiger partial charge in [0.1, 0.15) is 0 Å². The molecule has 7 nitrogen and oxygen atoms in total. The largest absolute Gasteiger partial charge is 0.343 e. The number of nitrogens with zero attached hydrogens (tertiary/aromatic N) is 1. The maximum absolute atomic E-state index is 12.4. The summed E-state index contributed by atoms with van der Waals surface area (Å²) in [5.41, 5.74) is 1.81. The highest BCUT2D eigenvalue weighted by atomic mass is 79.9. The van der Waals surface area contributed by atoms with Crippen molar-refractivity contribution < 1.29 is 18.0 Å². The molecule has 3 aromatic rings. The van der Waals surface area contributed by atoms with E-state index in [0.29, 0.717) is 5.13 Å². The molecule has 0 fully saturated rings. The number of sulfone groups is 1. The third kappa shape index (κ3) is 5.78. The quantitative estimate of drug-likeness (QED) is 0.486. The van der Waals surface area contributed by atoms with Crippen molar-refractivity contribution in [2.45, 2.75) is 24.0 Å². The number of benzene rings is 2. The van der Waals surface area contributed by atoms with Gasteiger partial charge in [0.15, 0.2) is 15.0 Å². The van der Waals surface area contributed by atoms with Crippen LogP contribution in [0.2, 0.25) is 0 Å². The highest BCUT2D eigenvalue weighted by molar-refractivity contribution is 9.10. The second kappa shape index (κ2) is 9.71. The third-order valence-electron chi connectivity index (χ3n) is 4.33. The van der Waals surface area contributed by atoms with Gasteiger partial charge in [-0.25, -0.2) is 13.4 Å². The number of halogens is 1. The molecule has 162 valence electrons. The molecular weight excluding hydrogens is 502 g/mol. The Balaban J connectivity index is 1.60. The lowest BCUT2D eigenvalue weighted by molar-refractivity contribution is -0.115. The predicted octanol–water partition coefficient (Wildman–Crippen LogP) is 4.12. The molecule has 0 saturated carbocycles. The number of carbonyl (C=O) groups excluding carboxylic acids is 2. The fourth-order valence-electron chi connectivity index (χ4n) is 2.62. The number of aromatic nitrogens is 1. The van der Waals surface area contributed by atoms with E-state index in [0.717, 1.165) is 15.7 Å². The average molecular weight is 522 g/mol. The molecule has 1 aromatic heterocycles. The van der Waals surface area contributed by atoms with Crippen LogP contribution < -0.4 is 10.6 Å². The highest BCUT2D eigenvalue weighted by Gasteiger charge is 2.20. The van der Waals surface area contributed by atoms with Crippen molar-refractivity contribution >= 4 is 54.0 Å². The van der Waals surface area contributed by atoms with Crippen LogP contribution in [0.5, 0.6) is 0 Å². The first kappa shape index (κ1) is 23.1. The second-order valence-electron chi connectivity index (χ2n) is 6.90. The van der Waals surface area contributed by atoms with Gasteiger partial charge in [0.2, 0.25) is 5.91 Å². The van der Waals surface area contributed by atoms with Gasteiger partial charge in [0.05, 0.1) is 22.4 Å². The fourth-order valence-corrected chi connectivity index (χ4v) is 4.86. The molecule has 10 heteroatoms. The van der Waals surface area contributed by atoms with Crippen LogP contribution in [0, 0.1) is 0 Å². The maximum Gasteiger partial charge on any atom is 0.251 e. The van der Waals surface area contributed by atoms with Gasteiger partial charge in [-0.05, 0) is 44.2 Å². The Morgan fingerprint density at radius 1 is 1.13 bits per heavy atom. The molecule has 0 aliphatic rings. The Labute approximate surface area is 193 Å². The van der Waals surface area contributed by atoms with Gasteiger partial charge in [-0.15, -0.1) is 11.3 Å². The zero-order valence-electron chi connectivity index (χ0n) is 16.8. The summed E-state index contributed by atoms with van der Waals surface area (Å²) in [6.07, 6.45) is 0. The minimum atomic E-state index is -3.50. The van der Waals surface area contributed by atoms with Crippen molar-refractivity contribution in [3.05, 3.63) is 63.9 Å². The van der Waals surface area contributed by atoms with Gasteiger partial charge in [-0.3, -0.25) is 9.59 Å². The average Bonchev–Trinajstić information content (AvgIpc) is 3.20. The van der Waals surface area contributed by atoms with E-state index >= 15 is 0 Å². The Morgan fingerprint density at radius 2 is 1.87 bits per heavy atom. The molecule has 2 amide bonds. The number of hydrogen-bond acceptors (Lipinski definition) is 6. The zero-order chi connectivity index (χ0) is 22.6. The number of carbonyl (C=O) groups is 2. The maximum atomic E-state index is 12.4. The number of anilines is 1. The first-order chi connectivity index (χ1) is 14.7. The van der Waals surface area contributed by atoms with Crippen LogP contribution in [0.4, 0.5) is 5.13 Å². The van der Waals surface area contributed by atoms with E-state index in [1.807, 2.05) is 29.6 Å². The van der Waals surface area contributed by atoms with Crippen molar-refractivity contribution in [1.29, 1.82) is 0 Å². The van der Waals surface area contributed by atoms with Gasteiger partial charge in [0, 0.05) is 21.0 Å². The van der Waals surface area contributed by atoms with Crippen molar-refractivity contribution in [1.82, 2.24) is 10.3 Å². The highest BCUT2D eigenvalue weighted by Crippen LogP contribution is 2.26. The smallest absolute Gasteiger partial charge is 0.251 e. The van der Waals surface area contributed by atoms with E-state index in [9.17, 15) is 18.0 Å². The zero-order valence-corrected chi connectivity index (χ0v) is 20.0. The monoisotopic (exact) mass is 521 g/mol. The molecule has 0 radical (unpaired) electrons. The third-order valence-corrected chi connectivity index (χ3v) is 7.73. The molecule has 0 bridgehead atoms. The van der Waals surface area contributed by atoms with Crippen LogP contribution in [-0.4, -0.2) is 37.0 Å². The molecule has 0 spiro atoms. The molecule has 31 heavy (non-hydrogen) atoms. The molecule has 2 aromatic carbocycles. The summed E-state index contributed by atoms with van der Waals surface area (Å²) >= 11 is 4.69. The lowest BCUT2D eigenvalue weighted by Crippen LogP contribution is -2.33. The fraction of sp³-hybridized carbons (Fsp3) is 0.190. The van der Waals surface area contributed by atoms with E-state index in [1.165, 1.54) is 35.6 Å². The standard InChI is InChI=1S/C21H20BrN3O4S2/c1-13(2)31(28,29)17-8-4-6-15(10-17)20(27)23-11-19(26)25-21-24-18(12-30-21)14-5-3-7-16(22)9-14/h3-10,12-13H,11H2,1-2H3,(H,23,27)(H,24,25,26). The van der Waals surface area contributed by atoms with Gasteiger partial charge >= 0.3 is 0 Å². The summed E-state index contributed by atoms with van der Waals surface area (Å²) in [7, 11) is -3.50. The minimum absolute atomic E-state index is 0.0717. The summed E-state index contributed by atoms with van der Waals surface area (Å²) in [5, 5.41) is 6.79. The van der Waals surface area contributed by atoms with Gasteiger partial charge < -0.3 is 10.6 Å². The number of thiazole rings is 1. The number of amides is 2. The van der Waals surface area contributed by atoms with Crippen LogP contribution in [0.3, 0.4) is 0 Å². The number of nitrogens with one attached hydrogen (secondary N) is 2. The van der Waals surface area contributed by atoms with Crippen molar-refractivity contribution in [3.8, 4) is 11.3 Å². The van der Waals surface area contributed by atoms with Crippen molar-refractivity contribution in [2.75, 3.05) is 11.9 Å². The first-order valence-corrected chi connectivity index (χ1v) is 12.5. The molecule has 1 heterocycles. The Kier molecular flexibility index (Phi) is 7.24. The molecule has 0 atom stereocenters. The summed E-state index contributed by atoms with van der Waals surface area (Å²) in [6, 6.07) is 13.4. The van der Waals surface area contributed by atoms with Crippen LogP contribution in [0.15, 0.2) is 63.3 Å². The van der Waals surface area contributed by atoms with E-state index in [1.54, 1.807) is 13.8 Å². The lowest BCUT2D eigenvalue weighted by Gasteiger charge is -2.10. The minimum Gasteiger partial charge on any atom is -0.343 e. The summed E-state index contributed by atoms with van der Waals surface area (Å²) in [6.45, 7) is 2.88. The molecule has 0 saturated heterocycles. The Hall–Kier alpha value is -2.56. The molecule has 0 aliphatic heterocycles. The van der Waals surface area contributed by atoms with Crippen LogP contribution >= 0.6 is 27.3 Å². The SMILES string of the molecule is CC(C)S(=O)(=O)c1cccc(C(=O)NCC(=O)Nc2nc(-c3cccc(Br)c3)cs2)c1. The molecule has 3 rings (SSSR count). The van der Waals surface area contributed by atoms with Gasteiger partial charge in [-0.2, -0.15) is 0 Å². The van der Waals surface area contributed by atoms with E-state index in [2.05, 4.69) is 31.5 Å². The summed E-state index contributed by atoms with van der Waals surface area (Å²) < 4.78 is 25.5. The van der Waals surface area contributed by atoms with Gasteiger partial charge in [-0.1, -0.05) is 34.1 Å². The Morgan fingerprint density at radius 3 is 2.58 bits per heavy atom. The molecular formula is C21H20BrN3O4S2. The van der Waals surface area contributed by atoms with E-state index < -0.39 is 26.9 Å². The van der Waals surface area contributed by atoms with E-state index in [4.69, 9.17) is 0 Å². The van der Waals surface area contributed by atoms with Crippen molar-refractivity contribution in [2.24, 2.45) is 0 Å². The topological polar surface area (TPSA) is 105 Å². The van der Waals surface area contributed by atoms with Crippen molar-refractivity contribution in [3.63, 3.8) is 0 Å². The van der Waals surface area contributed by atoms with Crippen LogP contribution in [0.25, 0.3) is 11.3 Å². The second-order valence-corrected chi connectivity index (χ2v) is 11.2. The van der Waals surface area contributed by atoms with Gasteiger partial charge in [0.25, 0.3) is 5.91 Å². The number of rotatable bonds is 7. The molecule has 0 unspecified atom stereocenters. The summed E-state index contributed by atoms with van der Waals surface area (Å²) in [4.78, 5) is 29.0. The molecule has 0 aliphatic carbocycles. The molecule has 2 N–H and O–H groups in total.